The van der Waals surface area contributed by atoms with E-state index in [-0.39, 0.29) is 0 Å². The molecule has 64 valence electrons. The van der Waals surface area contributed by atoms with E-state index >= 15 is 0 Å². The number of aldehydes is 1. The number of hydrogen-bond acceptors (Lipinski definition) is 1. The summed E-state index contributed by atoms with van der Waals surface area (Å²) in [6.45, 7) is 0. The number of halogens is 3. The molecule has 1 aromatic rings. The van der Waals surface area contributed by atoms with Crippen LogP contribution in [0.15, 0.2) is 16.6 Å². The summed E-state index contributed by atoms with van der Waals surface area (Å²) in [6, 6.07) is 3.33. The fourth-order valence-corrected chi connectivity index (χ4v) is 2.29. The van der Waals surface area contributed by atoms with Gasteiger partial charge in [-0.2, -0.15) is 0 Å². The minimum absolute atomic E-state index is 0.302. The second kappa shape index (κ2) is 4.26. The lowest BCUT2D eigenvalue weighted by atomic mass is 10.2. The lowest BCUT2D eigenvalue weighted by molar-refractivity contribution is -0.107. The number of hydrogen-bond donors (Lipinski definition) is 0. The van der Waals surface area contributed by atoms with Gasteiger partial charge in [0.25, 0.3) is 0 Å². The smallest absolute Gasteiger partial charge is 0.124 e. The van der Waals surface area contributed by atoms with Crippen LogP contribution in [-0.4, -0.2) is 6.29 Å². The molecule has 0 heterocycles. The number of benzene rings is 1. The Morgan fingerprint density at radius 2 is 2.08 bits per heavy atom. The van der Waals surface area contributed by atoms with Gasteiger partial charge in [0.15, 0.2) is 0 Å². The molecule has 0 fully saturated rings. The molecule has 0 spiro atoms. The van der Waals surface area contributed by atoms with Gasteiger partial charge in [0.1, 0.15) is 6.29 Å². The molecule has 0 N–H and O–H groups in total. The molecule has 0 saturated heterocycles. The van der Waals surface area contributed by atoms with Gasteiger partial charge < -0.3 is 4.79 Å². The molecule has 0 aliphatic carbocycles. The third-order valence-corrected chi connectivity index (χ3v) is 2.66. The van der Waals surface area contributed by atoms with Crippen LogP contribution in [0.25, 0.3) is 0 Å². The van der Waals surface area contributed by atoms with Crippen molar-refractivity contribution >= 4 is 45.4 Å². The summed E-state index contributed by atoms with van der Waals surface area (Å²) in [6.07, 6.45) is 1.11. The summed E-state index contributed by atoms with van der Waals surface area (Å²) in [5.41, 5.74) is 0.774. The van der Waals surface area contributed by atoms with E-state index in [9.17, 15) is 4.79 Å². The van der Waals surface area contributed by atoms with Crippen molar-refractivity contribution in [3.63, 3.8) is 0 Å². The second-order valence-corrected chi connectivity index (χ2v) is 3.92. The molecule has 0 aliphatic heterocycles. The third kappa shape index (κ3) is 2.22. The van der Waals surface area contributed by atoms with Gasteiger partial charge in [-0.05, 0) is 17.7 Å². The highest BCUT2D eigenvalue weighted by atomic mass is 79.9. The van der Waals surface area contributed by atoms with Gasteiger partial charge in [-0.25, -0.2) is 0 Å². The van der Waals surface area contributed by atoms with E-state index in [1.54, 1.807) is 12.1 Å². The molecule has 0 atom stereocenters. The lowest BCUT2D eigenvalue weighted by Crippen LogP contribution is -1.89. The standard InChI is InChI=1S/C8H5BrCl2O/c9-7-3-5(10)4-8(11)6(7)1-2-12/h2-4H,1H2. The Morgan fingerprint density at radius 3 is 2.58 bits per heavy atom. The zero-order chi connectivity index (χ0) is 9.14. The molecule has 12 heavy (non-hydrogen) atoms. The van der Waals surface area contributed by atoms with E-state index < -0.39 is 0 Å². The predicted molar refractivity (Wildman–Crippen MR) is 53.9 cm³/mol. The van der Waals surface area contributed by atoms with Gasteiger partial charge in [0.05, 0.1) is 0 Å². The quantitative estimate of drug-likeness (QED) is 0.750. The van der Waals surface area contributed by atoms with Crippen molar-refractivity contribution < 1.29 is 4.79 Å². The normalized spacial score (nSPS) is 9.92. The largest absolute Gasteiger partial charge is 0.303 e. The van der Waals surface area contributed by atoms with E-state index in [0.717, 1.165) is 16.3 Å². The molecule has 0 amide bonds. The molecular formula is C8H5BrCl2O. The van der Waals surface area contributed by atoms with Gasteiger partial charge >= 0.3 is 0 Å². The topological polar surface area (TPSA) is 17.1 Å². The Balaban J connectivity index is 3.18. The zero-order valence-electron chi connectivity index (χ0n) is 5.98. The summed E-state index contributed by atoms with van der Waals surface area (Å²) in [5.74, 6) is 0. The van der Waals surface area contributed by atoms with Crippen molar-refractivity contribution in [3.05, 3.63) is 32.2 Å². The Bertz CT molecular complexity index is 289. The predicted octanol–water partition coefficient (Wildman–Crippen LogP) is 3.50. The summed E-state index contributed by atoms with van der Waals surface area (Å²) < 4.78 is 0.770. The van der Waals surface area contributed by atoms with Crippen molar-refractivity contribution in [3.8, 4) is 0 Å². The maximum atomic E-state index is 10.3. The van der Waals surface area contributed by atoms with Crippen molar-refractivity contribution in [1.82, 2.24) is 0 Å². The monoisotopic (exact) mass is 266 g/mol. The first-order valence-corrected chi connectivity index (χ1v) is 4.77. The second-order valence-electron chi connectivity index (χ2n) is 2.22. The highest BCUT2D eigenvalue weighted by Crippen LogP contribution is 2.29. The first-order chi connectivity index (χ1) is 5.65. The van der Waals surface area contributed by atoms with Crippen LogP contribution in [0, 0.1) is 0 Å². The van der Waals surface area contributed by atoms with Crippen molar-refractivity contribution in [2.75, 3.05) is 0 Å². The number of rotatable bonds is 2. The lowest BCUT2D eigenvalue weighted by Gasteiger charge is -2.03. The Hall–Kier alpha value is -0.0500. The molecule has 0 aromatic heterocycles. The molecule has 1 aromatic carbocycles. The summed E-state index contributed by atoms with van der Waals surface area (Å²) >= 11 is 14.8. The summed E-state index contributed by atoms with van der Waals surface area (Å²) in [7, 11) is 0. The molecule has 0 unspecified atom stereocenters. The van der Waals surface area contributed by atoms with Gasteiger partial charge in [0.2, 0.25) is 0 Å². The average Bonchev–Trinajstić information content (AvgIpc) is 1.96. The summed E-state index contributed by atoms with van der Waals surface area (Å²) in [5, 5.41) is 1.07. The fourth-order valence-electron chi connectivity index (χ4n) is 0.850. The minimum Gasteiger partial charge on any atom is -0.303 e. The van der Waals surface area contributed by atoms with Gasteiger partial charge in [-0.3, -0.25) is 0 Å². The van der Waals surface area contributed by atoms with E-state index in [4.69, 9.17) is 23.2 Å². The van der Waals surface area contributed by atoms with Crippen LogP contribution in [0.3, 0.4) is 0 Å². The molecule has 0 aliphatic rings. The highest BCUT2D eigenvalue weighted by Gasteiger charge is 2.05. The van der Waals surface area contributed by atoms with Crippen molar-refractivity contribution in [2.24, 2.45) is 0 Å². The molecular weight excluding hydrogens is 263 g/mol. The average molecular weight is 268 g/mol. The first-order valence-electron chi connectivity index (χ1n) is 3.22. The van der Waals surface area contributed by atoms with Gasteiger partial charge in [0, 0.05) is 20.9 Å². The summed E-state index contributed by atoms with van der Waals surface area (Å²) in [4.78, 5) is 10.3. The molecule has 4 heteroatoms. The maximum Gasteiger partial charge on any atom is 0.124 e. The maximum absolute atomic E-state index is 10.3. The van der Waals surface area contributed by atoms with Gasteiger partial charge in [-0.1, -0.05) is 39.1 Å². The number of carbonyl (C=O) groups excluding carboxylic acids is 1. The Morgan fingerprint density at radius 1 is 1.42 bits per heavy atom. The first kappa shape index (κ1) is 10.0. The Labute approximate surface area is 88.8 Å². The van der Waals surface area contributed by atoms with Crippen LogP contribution in [-0.2, 0) is 11.2 Å². The molecule has 0 saturated carbocycles. The van der Waals surface area contributed by atoms with Crippen LogP contribution in [0.1, 0.15) is 5.56 Å². The van der Waals surface area contributed by atoms with Crippen molar-refractivity contribution in [2.45, 2.75) is 6.42 Å². The van der Waals surface area contributed by atoms with Crippen LogP contribution in [0.5, 0.6) is 0 Å². The Kier molecular flexibility index (Phi) is 3.56. The SMILES string of the molecule is O=CCc1c(Cl)cc(Cl)cc1Br. The van der Waals surface area contributed by atoms with Crippen LogP contribution >= 0.6 is 39.1 Å². The molecule has 0 radical (unpaired) electrons. The van der Waals surface area contributed by atoms with E-state index in [2.05, 4.69) is 15.9 Å². The zero-order valence-corrected chi connectivity index (χ0v) is 9.08. The number of carbonyl (C=O) groups is 1. The molecule has 1 rings (SSSR count). The highest BCUT2D eigenvalue weighted by molar-refractivity contribution is 9.10. The minimum atomic E-state index is 0.302. The van der Waals surface area contributed by atoms with E-state index in [0.29, 0.717) is 16.5 Å². The van der Waals surface area contributed by atoms with Gasteiger partial charge in [-0.15, -0.1) is 0 Å². The van der Waals surface area contributed by atoms with Crippen LogP contribution in [0.2, 0.25) is 10.0 Å². The van der Waals surface area contributed by atoms with Crippen LogP contribution < -0.4 is 0 Å². The molecule has 0 bridgehead atoms. The third-order valence-electron chi connectivity index (χ3n) is 1.39. The van der Waals surface area contributed by atoms with Crippen molar-refractivity contribution in [1.29, 1.82) is 0 Å². The fraction of sp³-hybridized carbons (Fsp3) is 0.125. The molecule has 1 nitrogen and oxygen atoms in total. The van der Waals surface area contributed by atoms with Crippen LogP contribution in [0.4, 0.5) is 0 Å². The van der Waals surface area contributed by atoms with E-state index in [1.807, 2.05) is 0 Å². The van der Waals surface area contributed by atoms with E-state index in [1.165, 1.54) is 0 Å².